The van der Waals surface area contributed by atoms with Crippen LogP contribution in [0.25, 0.3) is 0 Å². The molecule has 4 rings (SSSR count). The Labute approximate surface area is 253 Å². The van der Waals surface area contributed by atoms with E-state index in [1.165, 1.54) is 11.3 Å². The molecule has 0 aliphatic carbocycles. The van der Waals surface area contributed by atoms with E-state index in [2.05, 4.69) is 47.0 Å². The maximum Gasteiger partial charge on any atom is 0.171 e. The summed E-state index contributed by atoms with van der Waals surface area (Å²) in [6.07, 6.45) is 0. The lowest BCUT2D eigenvalue weighted by atomic mass is 10.2. The first-order valence-corrected chi connectivity index (χ1v) is 14.5. The van der Waals surface area contributed by atoms with Crippen molar-refractivity contribution in [2.24, 2.45) is 10.9 Å². The summed E-state index contributed by atoms with van der Waals surface area (Å²) in [5.74, 6) is 1.21. The molecular formula is C24H19Br2Cl2N5O3S2. The monoisotopic (exact) mass is 717 g/mol. The minimum atomic E-state index is -0.0382. The molecule has 0 saturated carbocycles. The van der Waals surface area contributed by atoms with Gasteiger partial charge in [-0.3, -0.25) is 0 Å². The lowest BCUT2D eigenvalue weighted by Gasteiger charge is -2.08. The molecule has 0 aliphatic heterocycles. The number of amidine groups is 1. The number of hydrogen-bond donors (Lipinski definition) is 2. The van der Waals surface area contributed by atoms with E-state index >= 15 is 0 Å². The Bertz CT molecular complexity index is 1500. The van der Waals surface area contributed by atoms with Crippen LogP contribution in [-0.4, -0.2) is 21.0 Å². The third-order valence-electron chi connectivity index (χ3n) is 4.86. The van der Waals surface area contributed by atoms with Gasteiger partial charge < -0.3 is 20.4 Å². The summed E-state index contributed by atoms with van der Waals surface area (Å²) >= 11 is 21.7. The van der Waals surface area contributed by atoms with Gasteiger partial charge in [-0.1, -0.05) is 28.4 Å². The fourth-order valence-electron chi connectivity index (χ4n) is 2.87. The summed E-state index contributed by atoms with van der Waals surface area (Å²) in [6.45, 7) is 4.71. The van der Waals surface area contributed by atoms with Gasteiger partial charge in [0.2, 0.25) is 0 Å². The first-order chi connectivity index (χ1) is 18.1. The summed E-state index contributed by atoms with van der Waals surface area (Å²) in [4.78, 5) is 10.6. The average Bonchev–Trinajstić information content (AvgIpc) is 3.39. The number of aryl methyl sites for hydroxylation is 2. The molecule has 8 nitrogen and oxygen atoms in total. The largest absolute Gasteiger partial charge is 0.488 e. The summed E-state index contributed by atoms with van der Waals surface area (Å²) in [5, 5.41) is 21.1. The van der Waals surface area contributed by atoms with E-state index < -0.39 is 0 Å². The third-order valence-corrected chi connectivity index (χ3v) is 8.65. The molecule has 0 unspecified atom stereocenters. The fraction of sp³-hybridized carbons (Fsp3) is 0.167. The van der Waals surface area contributed by atoms with Gasteiger partial charge in [0.1, 0.15) is 30.8 Å². The van der Waals surface area contributed by atoms with Crippen LogP contribution in [-0.2, 0) is 13.2 Å². The van der Waals surface area contributed by atoms with E-state index in [1.54, 1.807) is 47.7 Å². The molecule has 0 aliphatic rings. The summed E-state index contributed by atoms with van der Waals surface area (Å²) in [5.41, 5.74) is 8.28. The number of benzene rings is 2. The average molecular weight is 720 g/mol. The van der Waals surface area contributed by atoms with Crippen molar-refractivity contribution >= 4 is 83.6 Å². The molecule has 0 atom stereocenters. The second-order valence-corrected chi connectivity index (χ2v) is 12.9. The Kier molecular flexibility index (Phi) is 11.2. The highest BCUT2D eigenvalue weighted by Crippen LogP contribution is 2.28. The van der Waals surface area contributed by atoms with Crippen LogP contribution >= 0.6 is 77.7 Å². The van der Waals surface area contributed by atoms with Crippen molar-refractivity contribution in [2.75, 3.05) is 0 Å². The molecule has 0 saturated heterocycles. The number of halogens is 4. The van der Waals surface area contributed by atoms with Crippen molar-refractivity contribution in [3.05, 3.63) is 86.5 Å². The quantitative estimate of drug-likeness (QED) is 0.0862. The minimum absolute atomic E-state index is 0.0382. The van der Waals surface area contributed by atoms with Crippen molar-refractivity contribution in [2.45, 2.75) is 27.1 Å². The van der Waals surface area contributed by atoms with E-state index in [0.29, 0.717) is 45.9 Å². The number of rotatable bonds is 7. The topological polar surface area (TPSA) is 127 Å². The smallest absolute Gasteiger partial charge is 0.171 e. The standard InChI is InChI=1S/C12H11BrClN3O2S.C12H8BrClN2OS/c1-6-10(20-12(13)16-6)5-19-7-2-3-8(9(14)4-7)11(15)17-18;1-7-11(18-12(13)16-7)6-17-9-3-2-8(5-15)10(14)4-9/h2-4,18H,5H2,1H3,(H2,15,17);2-4H,6H2,1H3. The van der Waals surface area contributed by atoms with Crippen LogP contribution in [0.2, 0.25) is 10.0 Å². The van der Waals surface area contributed by atoms with Gasteiger partial charge in [-0.2, -0.15) is 5.26 Å². The highest BCUT2D eigenvalue weighted by Gasteiger charge is 2.10. The Hall–Kier alpha value is -2.40. The molecular weight excluding hydrogens is 701 g/mol. The highest BCUT2D eigenvalue weighted by molar-refractivity contribution is 9.11. The van der Waals surface area contributed by atoms with Crippen molar-refractivity contribution in [1.82, 2.24) is 9.97 Å². The van der Waals surface area contributed by atoms with Gasteiger partial charge in [-0.05, 0) is 76.0 Å². The number of nitrogens with two attached hydrogens (primary N) is 1. The number of thiazole rings is 2. The molecule has 38 heavy (non-hydrogen) atoms. The fourth-order valence-corrected chi connectivity index (χ4v) is 6.45. The Morgan fingerprint density at radius 3 is 1.87 bits per heavy atom. The van der Waals surface area contributed by atoms with Crippen molar-refractivity contribution in [3.8, 4) is 17.6 Å². The van der Waals surface area contributed by atoms with E-state index in [-0.39, 0.29) is 5.84 Å². The summed E-state index contributed by atoms with van der Waals surface area (Å²) in [7, 11) is 0. The van der Waals surface area contributed by atoms with Gasteiger partial charge in [0.15, 0.2) is 13.7 Å². The molecule has 2 aromatic heterocycles. The molecule has 14 heteroatoms. The maximum absolute atomic E-state index is 8.77. The molecule has 2 heterocycles. The van der Waals surface area contributed by atoms with Gasteiger partial charge in [0.25, 0.3) is 0 Å². The number of nitriles is 1. The van der Waals surface area contributed by atoms with Gasteiger partial charge >= 0.3 is 0 Å². The second kappa shape index (κ2) is 14.1. The van der Waals surface area contributed by atoms with E-state index in [0.717, 1.165) is 29.0 Å². The predicted molar refractivity (Wildman–Crippen MR) is 158 cm³/mol. The summed E-state index contributed by atoms with van der Waals surface area (Å²) in [6, 6.07) is 12.0. The third kappa shape index (κ3) is 8.30. The molecule has 198 valence electrons. The minimum Gasteiger partial charge on any atom is -0.488 e. The van der Waals surface area contributed by atoms with E-state index in [1.807, 2.05) is 19.9 Å². The molecule has 4 aromatic rings. The van der Waals surface area contributed by atoms with Crippen LogP contribution in [0.15, 0.2) is 49.4 Å². The van der Waals surface area contributed by atoms with Gasteiger partial charge in [-0.25, -0.2) is 9.97 Å². The Morgan fingerprint density at radius 1 is 0.974 bits per heavy atom. The van der Waals surface area contributed by atoms with Crippen molar-refractivity contribution in [1.29, 1.82) is 5.26 Å². The number of aromatic nitrogens is 2. The molecule has 3 N–H and O–H groups in total. The normalized spacial score (nSPS) is 10.9. The maximum atomic E-state index is 8.77. The molecule has 0 bridgehead atoms. The lowest BCUT2D eigenvalue weighted by Crippen LogP contribution is -2.13. The van der Waals surface area contributed by atoms with Crippen LogP contribution in [0.5, 0.6) is 11.5 Å². The zero-order chi connectivity index (χ0) is 27.8. The molecule has 0 fully saturated rings. The zero-order valence-corrected chi connectivity index (χ0v) is 26.2. The Morgan fingerprint density at radius 2 is 1.47 bits per heavy atom. The van der Waals surface area contributed by atoms with Crippen LogP contribution in [0.4, 0.5) is 0 Å². The summed E-state index contributed by atoms with van der Waals surface area (Å²) < 4.78 is 13.0. The Balaban J connectivity index is 0.000000212. The van der Waals surface area contributed by atoms with Crippen LogP contribution < -0.4 is 15.2 Å². The van der Waals surface area contributed by atoms with Gasteiger partial charge in [0.05, 0.1) is 36.8 Å². The molecule has 0 spiro atoms. The first-order valence-electron chi connectivity index (χ1n) is 10.6. The first kappa shape index (κ1) is 30.1. The lowest BCUT2D eigenvalue weighted by molar-refractivity contribution is 0.308. The molecule has 2 aromatic carbocycles. The number of oxime groups is 1. The van der Waals surface area contributed by atoms with E-state index in [4.69, 9.17) is 48.9 Å². The van der Waals surface area contributed by atoms with Crippen molar-refractivity contribution < 1.29 is 14.7 Å². The number of nitrogens with zero attached hydrogens (tertiary/aromatic N) is 4. The highest BCUT2D eigenvalue weighted by atomic mass is 79.9. The van der Waals surface area contributed by atoms with Gasteiger partial charge in [0, 0.05) is 11.6 Å². The number of hydrogen-bond acceptors (Lipinski definition) is 9. The second-order valence-electron chi connectivity index (χ2n) is 7.41. The zero-order valence-electron chi connectivity index (χ0n) is 19.8. The van der Waals surface area contributed by atoms with Crippen LogP contribution in [0.1, 0.15) is 32.3 Å². The van der Waals surface area contributed by atoms with Crippen molar-refractivity contribution in [3.63, 3.8) is 0 Å². The van der Waals surface area contributed by atoms with Crippen LogP contribution in [0, 0.1) is 25.2 Å². The van der Waals surface area contributed by atoms with E-state index in [9.17, 15) is 0 Å². The predicted octanol–water partition coefficient (Wildman–Crippen LogP) is 7.86. The molecule has 0 amide bonds. The SMILES string of the molecule is Cc1nc(Br)sc1COc1ccc(/C(N)=N/O)c(Cl)c1.Cc1nc(Br)sc1COc1ccc(C#N)c(Cl)c1. The van der Waals surface area contributed by atoms with Crippen LogP contribution in [0.3, 0.4) is 0 Å². The molecule has 0 radical (unpaired) electrons. The van der Waals surface area contributed by atoms with Gasteiger partial charge in [-0.15, -0.1) is 22.7 Å². The number of ether oxygens (including phenoxy) is 2.